The van der Waals surface area contributed by atoms with Gasteiger partial charge in [-0.1, -0.05) is 18.2 Å². The van der Waals surface area contributed by atoms with Crippen LogP contribution >= 0.6 is 0 Å². The van der Waals surface area contributed by atoms with Crippen LogP contribution in [0.5, 0.6) is 11.5 Å². The van der Waals surface area contributed by atoms with Gasteiger partial charge in [0.25, 0.3) is 5.91 Å². The van der Waals surface area contributed by atoms with Crippen molar-refractivity contribution in [2.45, 2.75) is 13.0 Å². The number of para-hydroxylation sites is 1. The van der Waals surface area contributed by atoms with Crippen LogP contribution in [0.25, 0.3) is 22.4 Å². The number of hydrogen-bond donors (Lipinski definition) is 1. The number of furan rings is 1. The lowest BCUT2D eigenvalue weighted by molar-refractivity contribution is -0.123. The van der Waals surface area contributed by atoms with Crippen LogP contribution in [0.2, 0.25) is 0 Å². The summed E-state index contributed by atoms with van der Waals surface area (Å²) < 4.78 is 21.9. The maximum Gasteiger partial charge on any atom is 0.339 e. The predicted molar refractivity (Wildman–Crippen MR) is 120 cm³/mol. The molecule has 1 aliphatic rings. The Bertz CT molecular complexity index is 1330. The molecule has 0 saturated carbocycles. The molecule has 0 spiro atoms. The monoisotopic (exact) mass is 444 g/mol. The Morgan fingerprint density at radius 2 is 1.82 bits per heavy atom. The fourth-order valence-corrected chi connectivity index (χ4v) is 3.54. The second kappa shape index (κ2) is 8.66. The Morgan fingerprint density at radius 1 is 1.00 bits per heavy atom. The minimum Gasteiger partial charge on any atom is -0.486 e. The van der Waals surface area contributed by atoms with Crippen molar-refractivity contribution < 1.29 is 28.2 Å². The molecule has 0 saturated heterocycles. The topological polar surface area (TPSA) is 99.9 Å². The number of fused-ring (bicyclic) bond motifs is 2. The molecule has 1 atom stereocenters. The Balaban J connectivity index is 1.35. The van der Waals surface area contributed by atoms with Crippen molar-refractivity contribution in [1.29, 1.82) is 0 Å². The summed E-state index contributed by atoms with van der Waals surface area (Å²) in [6.07, 6.45) is 0.499. The number of nitrogens with zero attached hydrogens (tertiary/aromatic N) is 1. The van der Waals surface area contributed by atoms with E-state index >= 15 is 0 Å². The van der Waals surface area contributed by atoms with Crippen molar-refractivity contribution in [3.63, 3.8) is 0 Å². The summed E-state index contributed by atoms with van der Waals surface area (Å²) in [7, 11) is 0. The first kappa shape index (κ1) is 20.6. The number of carbonyl (C=O) groups is 2. The third kappa shape index (κ3) is 4.23. The normalized spacial score (nSPS) is 13.4. The standard InChI is InChI=1S/C25H20N2O6/c1-15(24(28)26-16-8-9-22-23(13-16)32-12-11-31-22)33-25(29)18-14-20(21-7-4-10-30-21)27-19-6-3-2-5-17(18)19/h2-10,13-15H,11-12H2,1H3,(H,26,28). The van der Waals surface area contributed by atoms with Gasteiger partial charge < -0.3 is 23.9 Å². The van der Waals surface area contributed by atoms with Gasteiger partial charge >= 0.3 is 5.97 Å². The maximum atomic E-state index is 13.0. The van der Waals surface area contributed by atoms with Crippen molar-refractivity contribution in [3.8, 4) is 23.0 Å². The van der Waals surface area contributed by atoms with E-state index in [9.17, 15) is 9.59 Å². The van der Waals surface area contributed by atoms with Crippen LogP contribution in [-0.2, 0) is 9.53 Å². The first-order valence-electron chi connectivity index (χ1n) is 10.4. The zero-order chi connectivity index (χ0) is 22.8. The Morgan fingerprint density at radius 3 is 2.64 bits per heavy atom. The lowest BCUT2D eigenvalue weighted by atomic mass is 10.1. The summed E-state index contributed by atoms with van der Waals surface area (Å²) in [6, 6.07) is 17.4. The molecule has 1 unspecified atom stereocenters. The van der Waals surface area contributed by atoms with E-state index in [2.05, 4.69) is 10.3 Å². The molecule has 5 rings (SSSR count). The SMILES string of the molecule is CC(OC(=O)c1cc(-c2ccco2)nc2ccccc12)C(=O)Nc1ccc2c(c1)OCCO2. The van der Waals surface area contributed by atoms with Gasteiger partial charge in [0, 0.05) is 17.1 Å². The number of pyridine rings is 1. The van der Waals surface area contributed by atoms with Crippen molar-refractivity contribution in [1.82, 2.24) is 4.98 Å². The smallest absolute Gasteiger partial charge is 0.339 e. The van der Waals surface area contributed by atoms with Gasteiger partial charge in [-0.25, -0.2) is 9.78 Å². The van der Waals surface area contributed by atoms with Crippen LogP contribution < -0.4 is 14.8 Å². The molecule has 8 heteroatoms. The number of rotatable bonds is 5. The van der Waals surface area contributed by atoms with Crippen LogP contribution in [0.3, 0.4) is 0 Å². The molecule has 3 heterocycles. The Hall–Kier alpha value is -4.33. The van der Waals surface area contributed by atoms with E-state index in [0.29, 0.717) is 58.3 Å². The number of esters is 1. The Kier molecular flexibility index (Phi) is 5.40. The second-order valence-electron chi connectivity index (χ2n) is 7.44. The van der Waals surface area contributed by atoms with E-state index in [1.165, 1.54) is 13.2 Å². The van der Waals surface area contributed by atoms with Gasteiger partial charge in [0.05, 0.1) is 17.3 Å². The molecular weight excluding hydrogens is 424 g/mol. The number of hydrogen-bond acceptors (Lipinski definition) is 7. The van der Waals surface area contributed by atoms with Crippen LogP contribution in [0, 0.1) is 0 Å². The highest BCUT2D eigenvalue weighted by molar-refractivity contribution is 6.05. The van der Waals surface area contributed by atoms with E-state index < -0.39 is 18.0 Å². The predicted octanol–water partition coefficient (Wildman–Crippen LogP) is 4.45. The molecule has 2 aromatic heterocycles. The molecule has 0 fully saturated rings. The van der Waals surface area contributed by atoms with Gasteiger partial charge in [-0.15, -0.1) is 0 Å². The van der Waals surface area contributed by atoms with Crippen LogP contribution in [0.15, 0.2) is 71.3 Å². The van der Waals surface area contributed by atoms with Crippen molar-refractivity contribution in [2.75, 3.05) is 18.5 Å². The molecule has 0 bridgehead atoms. The minimum absolute atomic E-state index is 0.297. The molecule has 0 radical (unpaired) electrons. The summed E-state index contributed by atoms with van der Waals surface area (Å²) in [6.45, 7) is 2.44. The zero-order valence-electron chi connectivity index (χ0n) is 17.7. The van der Waals surface area contributed by atoms with Gasteiger partial charge in [-0.2, -0.15) is 0 Å². The van der Waals surface area contributed by atoms with Crippen molar-refractivity contribution >= 4 is 28.5 Å². The summed E-state index contributed by atoms with van der Waals surface area (Å²) in [5.41, 5.74) is 1.93. The quantitative estimate of drug-likeness (QED) is 0.454. The largest absolute Gasteiger partial charge is 0.486 e. The maximum absolute atomic E-state index is 13.0. The average molecular weight is 444 g/mol. The number of amides is 1. The molecule has 4 aromatic rings. The van der Waals surface area contributed by atoms with Gasteiger partial charge in [0.2, 0.25) is 0 Å². The highest BCUT2D eigenvalue weighted by atomic mass is 16.6. The fourth-order valence-electron chi connectivity index (χ4n) is 3.54. The number of benzene rings is 2. The number of aromatic nitrogens is 1. The molecule has 0 aliphatic carbocycles. The van der Waals surface area contributed by atoms with Gasteiger partial charge in [0.15, 0.2) is 23.4 Å². The molecule has 1 aliphatic heterocycles. The first-order chi connectivity index (χ1) is 16.1. The van der Waals surface area contributed by atoms with E-state index in [-0.39, 0.29) is 0 Å². The molecule has 1 N–H and O–H groups in total. The number of carbonyl (C=O) groups excluding carboxylic acids is 2. The third-order valence-corrected chi connectivity index (χ3v) is 5.17. The summed E-state index contributed by atoms with van der Waals surface area (Å²) in [5.74, 6) is 0.600. The highest BCUT2D eigenvalue weighted by Gasteiger charge is 2.23. The highest BCUT2D eigenvalue weighted by Crippen LogP contribution is 2.32. The van der Waals surface area contributed by atoms with Gasteiger partial charge in [-0.3, -0.25) is 4.79 Å². The second-order valence-corrected chi connectivity index (χ2v) is 7.44. The zero-order valence-corrected chi connectivity index (χ0v) is 17.7. The fraction of sp³-hybridized carbons (Fsp3) is 0.160. The molecule has 1 amide bonds. The average Bonchev–Trinajstić information content (AvgIpc) is 3.38. The number of nitrogens with one attached hydrogen (secondary N) is 1. The van der Waals surface area contributed by atoms with Crippen molar-refractivity contribution in [3.05, 3.63) is 72.5 Å². The molecule has 33 heavy (non-hydrogen) atoms. The van der Waals surface area contributed by atoms with E-state index in [1.54, 1.807) is 48.5 Å². The lowest BCUT2D eigenvalue weighted by Gasteiger charge is -2.19. The summed E-state index contributed by atoms with van der Waals surface area (Å²) >= 11 is 0. The molecule has 166 valence electrons. The van der Waals surface area contributed by atoms with E-state index in [0.717, 1.165) is 0 Å². The van der Waals surface area contributed by atoms with Gasteiger partial charge in [0.1, 0.15) is 18.9 Å². The molecule has 2 aromatic carbocycles. The van der Waals surface area contributed by atoms with Crippen LogP contribution in [0.4, 0.5) is 5.69 Å². The third-order valence-electron chi connectivity index (χ3n) is 5.17. The number of ether oxygens (including phenoxy) is 3. The van der Waals surface area contributed by atoms with Crippen LogP contribution in [0.1, 0.15) is 17.3 Å². The molecular formula is C25H20N2O6. The summed E-state index contributed by atoms with van der Waals surface area (Å²) in [5, 5.41) is 3.36. The van der Waals surface area contributed by atoms with Crippen LogP contribution in [-0.4, -0.2) is 36.2 Å². The lowest BCUT2D eigenvalue weighted by Crippen LogP contribution is -2.30. The van der Waals surface area contributed by atoms with Crippen molar-refractivity contribution in [2.24, 2.45) is 0 Å². The minimum atomic E-state index is -1.04. The Labute approximate surface area is 189 Å². The van der Waals surface area contributed by atoms with Gasteiger partial charge in [-0.05, 0) is 43.3 Å². The molecule has 8 nitrogen and oxygen atoms in total. The van der Waals surface area contributed by atoms with E-state index in [1.807, 2.05) is 12.1 Å². The number of anilines is 1. The first-order valence-corrected chi connectivity index (χ1v) is 10.4. The van der Waals surface area contributed by atoms with E-state index in [4.69, 9.17) is 18.6 Å². The summed E-state index contributed by atoms with van der Waals surface area (Å²) in [4.78, 5) is 30.3.